The van der Waals surface area contributed by atoms with E-state index in [1.807, 2.05) is 25.1 Å². The molecule has 0 saturated carbocycles. The fourth-order valence-corrected chi connectivity index (χ4v) is 3.86. The SMILES string of the molecule is COc1ccc(-c2c(C)c3cc(OCc4cc(C)ccc4C)ccc3oc2=O)cc1OC. The molecule has 164 valence electrons. The second-order valence-electron chi connectivity index (χ2n) is 7.84. The van der Waals surface area contributed by atoms with Gasteiger partial charge in [-0.05, 0) is 73.4 Å². The van der Waals surface area contributed by atoms with Gasteiger partial charge in [-0.3, -0.25) is 0 Å². The second-order valence-corrected chi connectivity index (χ2v) is 7.84. The molecule has 1 aromatic heterocycles. The first-order valence-corrected chi connectivity index (χ1v) is 10.4. The average Bonchev–Trinajstić information content (AvgIpc) is 2.79. The van der Waals surface area contributed by atoms with Crippen LogP contribution in [0.25, 0.3) is 22.1 Å². The molecule has 0 aliphatic rings. The summed E-state index contributed by atoms with van der Waals surface area (Å²) in [6, 6.07) is 17.2. The summed E-state index contributed by atoms with van der Waals surface area (Å²) in [5.41, 5.74) is 5.68. The summed E-state index contributed by atoms with van der Waals surface area (Å²) in [5.74, 6) is 1.87. The molecule has 32 heavy (non-hydrogen) atoms. The Morgan fingerprint density at radius 2 is 1.62 bits per heavy atom. The van der Waals surface area contributed by atoms with Gasteiger partial charge in [0.2, 0.25) is 0 Å². The van der Waals surface area contributed by atoms with Crippen molar-refractivity contribution in [3.63, 3.8) is 0 Å². The fourth-order valence-electron chi connectivity index (χ4n) is 3.86. The first-order valence-electron chi connectivity index (χ1n) is 10.4. The molecular weight excluding hydrogens is 404 g/mol. The highest BCUT2D eigenvalue weighted by Gasteiger charge is 2.16. The molecule has 0 N–H and O–H groups in total. The molecule has 0 radical (unpaired) electrons. The molecule has 0 aliphatic carbocycles. The summed E-state index contributed by atoms with van der Waals surface area (Å²) in [6.45, 7) is 6.53. The van der Waals surface area contributed by atoms with Crippen molar-refractivity contribution >= 4 is 11.0 Å². The van der Waals surface area contributed by atoms with E-state index in [0.29, 0.717) is 40.6 Å². The van der Waals surface area contributed by atoms with Crippen molar-refractivity contribution in [2.24, 2.45) is 0 Å². The molecule has 0 atom stereocenters. The van der Waals surface area contributed by atoms with Crippen LogP contribution < -0.4 is 19.8 Å². The van der Waals surface area contributed by atoms with Crippen molar-refractivity contribution in [1.29, 1.82) is 0 Å². The monoisotopic (exact) mass is 430 g/mol. The lowest BCUT2D eigenvalue weighted by Gasteiger charge is -2.13. The molecule has 0 aliphatic heterocycles. The largest absolute Gasteiger partial charge is 0.493 e. The van der Waals surface area contributed by atoms with Crippen molar-refractivity contribution in [2.75, 3.05) is 14.2 Å². The van der Waals surface area contributed by atoms with Gasteiger partial charge < -0.3 is 18.6 Å². The third-order valence-electron chi connectivity index (χ3n) is 5.71. The molecule has 3 aromatic carbocycles. The van der Waals surface area contributed by atoms with Crippen LogP contribution in [0, 0.1) is 20.8 Å². The third-order valence-corrected chi connectivity index (χ3v) is 5.71. The third kappa shape index (κ3) is 4.06. The van der Waals surface area contributed by atoms with E-state index >= 15 is 0 Å². The molecule has 0 saturated heterocycles. The minimum atomic E-state index is -0.397. The van der Waals surface area contributed by atoms with Crippen molar-refractivity contribution in [2.45, 2.75) is 27.4 Å². The Bertz CT molecular complexity index is 1350. The average molecular weight is 431 g/mol. The van der Waals surface area contributed by atoms with E-state index in [0.717, 1.165) is 16.5 Å². The van der Waals surface area contributed by atoms with Gasteiger partial charge in [0.05, 0.1) is 19.8 Å². The molecule has 4 aromatic rings. The predicted molar refractivity (Wildman–Crippen MR) is 126 cm³/mol. The van der Waals surface area contributed by atoms with E-state index < -0.39 is 5.63 Å². The van der Waals surface area contributed by atoms with E-state index in [4.69, 9.17) is 18.6 Å². The van der Waals surface area contributed by atoms with Gasteiger partial charge in [0.25, 0.3) is 0 Å². The summed E-state index contributed by atoms with van der Waals surface area (Å²) >= 11 is 0. The summed E-state index contributed by atoms with van der Waals surface area (Å²) in [6.07, 6.45) is 0. The molecule has 5 heteroatoms. The molecule has 4 rings (SSSR count). The van der Waals surface area contributed by atoms with Crippen LogP contribution in [0.4, 0.5) is 0 Å². The Balaban J connectivity index is 1.73. The first-order chi connectivity index (χ1) is 15.4. The van der Waals surface area contributed by atoms with Gasteiger partial charge in [-0.15, -0.1) is 0 Å². The summed E-state index contributed by atoms with van der Waals surface area (Å²) in [7, 11) is 3.14. The summed E-state index contributed by atoms with van der Waals surface area (Å²) in [4.78, 5) is 12.8. The number of aryl methyl sites for hydroxylation is 3. The van der Waals surface area contributed by atoms with E-state index in [1.54, 1.807) is 32.4 Å². The number of hydrogen-bond acceptors (Lipinski definition) is 5. The maximum absolute atomic E-state index is 12.8. The molecule has 0 unspecified atom stereocenters. The van der Waals surface area contributed by atoms with Crippen LogP contribution in [-0.2, 0) is 6.61 Å². The number of methoxy groups -OCH3 is 2. The smallest absolute Gasteiger partial charge is 0.344 e. The highest BCUT2D eigenvalue weighted by Crippen LogP contribution is 2.34. The first kappa shape index (κ1) is 21.5. The van der Waals surface area contributed by atoms with Gasteiger partial charge in [-0.25, -0.2) is 4.79 Å². The summed E-state index contributed by atoms with van der Waals surface area (Å²) in [5, 5.41) is 0.827. The number of fused-ring (bicyclic) bond motifs is 1. The van der Waals surface area contributed by atoms with Crippen molar-refractivity contribution < 1.29 is 18.6 Å². The molecular formula is C27H26O5. The Kier molecular flexibility index (Phi) is 5.91. The van der Waals surface area contributed by atoms with Gasteiger partial charge in [0.1, 0.15) is 17.9 Å². The fraction of sp³-hybridized carbons (Fsp3) is 0.222. The van der Waals surface area contributed by atoms with E-state index in [1.165, 1.54) is 11.1 Å². The quantitative estimate of drug-likeness (QED) is 0.352. The van der Waals surface area contributed by atoms with Crippen LogP contribution in [-0.4, -0.2) is 14.2 Å². The van der Waals surface area contributed by atoms with Crippen molar-refractivity contribution in [3.05, 3.63) is 87.3 Å². The standard InChI is InChI=1S/C27H26O5/c1-16-6-7-17(2)20(12-16)15-31-21-9-11-23-22(14-21)18(3)26(27(28)32-23)19-8-10-24(29-4)25(13-19)30-5/h6-14H,15H2,1-5H3. The highest BCUT2D eigenvalue weighted by molar-refractivity contribution is 5.88. The number of hydrogen-bond donors (Lipinski definition) is 0. The zero-order valence-electron chi connectivity index (χ0n) is 18.9. The number of ether oxygens (including phenoxy) is 3. The summed E-state index contributed by atoms with van der Waals surface area (Å²) < 4.78 is 22.4. The highest BCUT2D eigenvalue weighted by atomic mass is 16.5. The van der Waals surface area contributed by atoms with Gasteiger partial charge in [0.15, 0.2) is 11.5 Å². The van der Waals surface area contributed by atoms with Gasteiger partial charge in [-0.2, -0.15) is 0 Å². The molecule has 0 spiro atoms. The molecule has 0 fully saturated rings. The zero-order chi connectivity index (χ0) is 22.8. The van der Waals surface area contributed by atoms with Gasteiger partial charge >= 0.3 is 5.63 Å². The van der Waals surface area contributed by atoms with Crippen LogP contribution in [0.15, 0.2) is 63.8 Å². The minimum absolute atomic E-state index is 0.397. The normalized spacial score (nSPS) is 10.9. The van der Waals surface area contributed by atoms with Crippen LogP contribution in [0.3, 0.4) is 0 Å². The molecule has 0 bridgehead atoms. The van der Waals surface area contributed by atoms with Crippen LogP contribution in [0.5, 0.6) is 17.2 Å². The van der Waals surface area contributed by atoms with E-state index in [2.05, 4.69) is 32.0 Å². The van der Waals surface area contributed by atoms with Gasteiger partial charge in [-0.1, -0.05) is 29.8 Å². The Morgan fingerprint density at radius 3 is 2.38 bits per heavy atom. The minimum Gasteiger partial charge on any atom is -0.493 e. The number of benzene rings is 3. The van der Waals surface area contributed by atoms with E-state index in [9.17, 15) is 4.79 Å². The van der Waals surface area contributed by atoms with Gasteiger partial charge in [0, 0.05) is 5.39 Å². The maximum atomic E-state index is 12.8. The molecule has 0 amide bonds. The van der Waals surface area contributed by atoms with Crippen molar-refractivity contribution in [1.82, 2.24) is 0 Å². The van der Waals surface area contributed by atoms with Crippen LogP contribution >= 0.6 is 0 Å². The van der Waals surface area contributed by atoms with E-state index in [-0.39, 0.29) is 0 Å². The molecule has 1 heterocycles. The van der Waals surface area contributed by atoms with Crippen LogP contribution in [0.2, 0.25) is 0 Å². The lowest BCUT2D eigenvalue weighted by Crippen LogP contribution is -2.06. The second kappa shape index (κ2) is 8.79. The van der Waals surface area contributed by atoms with Crippen molar-refractivity contribution in [3.8, 4) is 28.4 Å². The van der Waals surface area contributed by atoms with Crippen LogP contribution in [0.1, 0.15) is 22.3 Å². The molecule has 5 nitrogen and oxygen atoms in total. The Morgan fingerprint density at radius 1 is 0.844 bits per heavy atom. The lowest BCUT2D eigenvalue weighted by molar-refractivity contribution is 0.305. The predicted octanol–water partition coefficient (Wildman–Crippen LogP) is 5.98. The Labute approximate surface area is 187 Å². The maximum Gasteiger partial charge on any atom is 0.344 e. The lowest BCUT2D eigenvalue weighted by atomic mass is 9.99. The zero-order valence-corrected chi connectivity index (χ0v) is 18.9. The topological polar surface area (TPSA) is 57.9 Å². The Hall–Kier alpha value is -3.73. The number of rotatable bonds is 6.